The molecule has 1 unspecified atom stereocenters. The summed E-state index contributed by atoms with van der Waals surface area (Å²) in [6.07, 6.45) is 1.41. The number of carbonyl (C=O) groups excluding carboxylic acids is 1. The van der Waals surface area contributed by atoms with Crippen LogP contribution < -0.4 is 5.32 Å². The second-order valence-corrected chi connectivity index (χ2v) is 7.79. The van der Waals surface area contributed by atoms with Gasteiger partial charge in [0.25, 0.3) is 0 Å². The van der Waals surface area contributed by atoms with Gasteiger partial charge in [-0.05, 0) is 37.3 Å². The van der Waals surface area contributed by atoms with Crippen LogP contribution >= 0.6 is 46.6 Å². The van der Waals surface area contributed by atoms with Crippen LogP contribution in [-0.2, 0) is 4.79 Å². The summed E-state index contributed by atoms with van der Waals surface area (Å²) in [6, 6.07) is 8.72. The van der Waals surface area contributed by atoms with Crippen molar-refractivity contribution >= 4 is 58.3 Å². The number of hydrogen-bond donors (Lipinski definition) is 2. The summed E-state index contributed by atoms with van der Waals surface area (Å²) in [4.78, 5) is 20.7. The van der Waals surface area contributed by atoms with Crippen LogP contribution in [0.5, 0.6) is 0 Å². The predicted octanol–water partition coefficient (Wildman–Crippen LogP) is 4.95. The molecule has 6 nitrogen and oxygen atoms in total. The topological polar surface area (TPSA) is 83.6 Å². The first-order valence-electron chi connectivity index (χ1n) is 7.39. The van der Waals surface area contributed by atoms with E-state index in [1.165, 1.54) is 24.0 Å². The zero-order valence-electron chi connectivity index (χ0n) is 13.3. The summed E-state index contributed by atoms with van der Waals surface area (Å²) in [6.45, 7) is 1.74. The Bertz CT molecular complexity index is 932. The minimum absolute atomic E-state index is 0.255. The highest BCUT2D eigenvalue weighted by atomic mass is 35.5. The molecule has 1 atom stereocenters. The number of H-pyrrole nitrogens is 1. The van der Waals surface area contributed by atoms with Crippen molar-refractivity contribution in [2.24, 2.45) is 0 Å². The van der Waals surface area contributed by atoms with Gasteiger partial charge >= 0.3 is 0 Å². The number of benzene rings is 1. The number of amides is 1. The number of aromatic amines is 1. The van der Waals surface area contributed by atoms with Gasteiger partial charge in [-0.15, -0.1) is 5.10 Å². The van der Waals surface area contributed by atoms with Gasteiger partial charge in [0.1, 0.15) is 0 Å². The molecule has 0 aliphatic carbocycles. The van der Waals surface area contributed by atoms with E-state index < -0.39 is 5.25 Å². The van der Waals surface area contributed by atoms with Gasteiger partial charge in [0.05, 0.1) is 15.3 Å². The van der Waals surface area contributed by atoms with Gasteiger partial charge in [-0.3, -0.25) is 9.89 Å². The van der Waals surface area contributed by atoms with Crippen LogP contribution in [0.1, 0.15) is 6.92 Å². The van der Waals surface area contributed by atoms with Gasteiger partial charge in [0.2, 0.25) is 11.1 Å². The summed E-state index contributed by atoms with van der Waals surface area (Å²) in [5.41, 5.74) is 0.850. The Morgan fingerprint density at radius 2 is 1.92 bits per heavy atom. The first kappa shape index (κ1) is 19.0. The van der Waals surface area contributed by atoms with Crippen molar-refractivity contribution in [2.75, 3.05) is 5.32 Å². The lowest BCUT2D eigenvalue weighted by Gasteiger charge is -2.10. The van der Waals surface area contributed by atoms with Gasteiger partial charge in [0, 0.05) is 16.8 Å². The molecular formula is C16H12Cl3N5OS. The predicted molar refractivity (Wildman–Crippen MR) is 105 cm³/mol. The summed E-state index contributed by atoms with van der Waals surface area (Å²) in [5.74, 6) is 0.578. The van der Waals surface area contributed by atoms with Crippen molar-refractivity contribution in [1.82, 2.24) is 20.2 Å². The SMILES string of the molecule is CC(Sc1n[nH]c(-c2ccc(Cl)cc2)n1)C(=O)Nc1ncc(Cl)cc1Cl. The Labute approximate surface area is 168 Å². The number of nitrogens with one attached hydrogen (secondary N) is 2. The molecule has 3 rings (SSSR count). The van der Waals surface area contributed by atoms with Crippen molar-refractivity contribution in [1.29, 1.82) is 0 Å². The van der Waals surface area contributed by atoms with E-state index in [9.17, 15) is 4.79 Å². The molecule has 0 fully saturated rings. The summed E-state index contributed by atoms with van der Waals surface area (Å²) in [7, 11) is 0. The Balaban J connectivity index is 1.65. The fourth-order valence-electron chi connectivity index (χ4n) is 1.97. The van der Waals surface area contributed by atoms with Crippen LogP contribution in [0.2, 0.25) is 15.1 Å². The number of pyridine rings is 1. The van der Waals surface area contributed by atoms with E-state index in [1.54, 1.807) is 19.1 Å². The van der Waals surface area contributed by atoms with Crippen molar-refractivity contribution < 1.29 is 4.79 Å². The maximum atomic E-state index is 12.3. The molecule has 2 aromatic heterocycles. The molecule has 0 radical (unpaired) electrons. The summed E-state index contributed by atoms with van der Waals surface area (Å²) in [5, 5.41) is 10.9. The number of carbonyl (C=O) groups is 1. The van der Waals surface area contributed by atoms with E-state index in [0.717, 1.165) is 5.56 Å². The average Bonchev–Trinajstić information content (AvgIpc) is 3.06. The molecule has 0 spiro atoms. The normalized spacial score (nSPS) is 12.0. The highest BCUT2D eigenvalue weighted by Crippen LogP contribution is 2.26. The number of aromatic nitrogens is 4. The van der Waals surface area contributed by atoms with E-state index in [-0.39, 0.29) is 16.7 Å². The van der Waals surface area contributed by atoms with Crippen LogP contribution in [0.15, 0.2) is 41.7 Å². The lowest BCUT2D eigenvalue weighted by Crippen LogP contribution is -2.23. The van der Waals surface area contributed by atoms with Gasteiger partial charge in [-0.2, -0.15) is 0 Å². The number of anilines is 1. The third-order valence-electron chi connectivity index (χ3n) is 3.28. The molecular weight excluding hydrogens is 417 g/mol. The van der Waals surface area contributed by atoms with Crippen molar-refractivity contribution in [3.63, 3.8) is 0 Å². The zero-order valence-corrected chi connectivity index (χ0v) is 16.4. The fraction of sp³-hybridized carbons (Fsp3) is 0.125. The number of thioether (sulfide) groups is 1. The zero-order chi connectivity index (χ0) is 18.7. The highest BCUT2D eigenvalue weighted by molar-refractivity contribution is 8.00. The van der Waals surface area contributed by atoms with E-state index in [1.807, 2.05) is 12.1 Å². The first-order valence-corrected chi connectivity index (χ1v) is 9.40. The lowest BCUT2D eigenvalue weighted by atomic mass is 10.2. The third-order valence-corrected chi connectivity index (χ3v) is 4.99. The monoisotopic (exact) mass is 427 g/mol. The van der Waals surface area contributed by atoms with Gasteiger partial charge < -0.3 is 5.32 Å². The molecule has 3 aromatic rings. The highest BCUT2D eigenvalue weighted by Gasteiger charge is 2.19. The maximum absolute atomic E-state index is 12.3. The van der Waals surface area contributed by atoms with E-state index in [2.05, 4.69) is 25.5 Å². The number of halogens is 3. The molecule has 1 aromatic carbocycles. The Morgan fingerprint density at radius 1 is 1.19 bits per heavy atom. The quantitative estimate of drug-likeness (QED) is 0.562. The lowest BCUT2D eigenvalue weighted by molar-refractivity contribution is -0.115. The molecule has 2 N–H and O–H groups in total. The fourth-order valence-corrected chi connectivity index (χ4v) is 3.25. The molecule has 10 heteroatoms. The molecule has 1 amide bonds. The van der Waals surface area contributed by atoms with E-state index in [4.69, 9.17) is 34.8 Å². The molecule has 26 heavy (non-hydrogen) atoms. The van der Waals surface area contributed by atoms with Crippen molar-refractivity contribution in [3.8, 4) is 11.4 Å². The van der Waals surface area contributed by atoms with Crippen molar-refractivity contribution in [2.45, 2.75) is 17.3 Å². The number of nitrogens with zero attached hydrogens (tertiary/aromatic N) is 3. The molecule has 2 heterocycles. The Kier molecular flexibility index (Phi) is 6.03. The Hall–Kier alpha value is -1.80. The third kappa shape index (κ3) is 4.67. The van der Waals surface area contributed by atoms with Crippen molar-refractivity contribution in [3.05, 3.63) is 51.6 Å². The van der Waals surface area contributed by atoms with Crippen LogP contribution in [0.25, 0.3) is 11.4 Å². The van der Waals surface area contributed by atoms with E-state index >= 15 is 0 Å². The number of rotatable bonds is 5. The number of hydrogen-bond acceptors (Lipinski definition) is 5. The molecule has 0 aliphatic rings. The molecule has 0 bridgehead atoms. The van der Waals surface area contributed by atoms with Crippen LogP contribution in [-0.4, -0.2) is 31.3 Å². The van der Waals surface area contributed by atoms with Gasteiger partial charge in [-0.25, -0.2) is 9.97 Å². The second-order valence-electron chi connectivity index (χ2n) is 5.21. The minimum atomic E-state index is -0.461. The summed E-state index contributed by atoms with van der Waals surface area (Å²) < 4.78 is 0. The standard InChI is InChI=1S/C16H12Cl3N5OS/c1-8(15(25)21-14-12(19)6-11(18)7-20-14)26-16-22-13(23-24-16)9-2-4-10(17)5-3-9/h2-8H,1H3,(H,20,21,25)(H,22,23,24). The Morgan fingerprint density at radius 3 is 2.62 bits per heavy atom. The van der Waals surface area contributed by atoms with Gasteiger partial charge in [-0.1, -0.05) is 46.6 Å². The molecule has 0 aliphatic heterocycles. The van der Waals surface area contributed by atoms with Crippen LogP contribution in [0, 0.1) is 0 Å². The van der Waals surface area contributed by atoms with Crippen LogP contribution in [0.3, 0.4) is 0 Å². The van der Waals surface area contributed by atoms with Crippen LogP contribution in [0.4, 0.5) is 5.82 Å². The second kappa shape index (κ2) is 8.26. The minimum Gasteiger partial charge on any atom is -0.308 e. The maximum Gasteiger partial charge on any atom is 0.238 e. The largest absolute Gasteiger partial charge is 0.308 e. The molecule has 134 valence electrons. The average molecular weight is 429 g/mol. The van der Waals surface area contributed by atoms with Gasteiger partial charge in [0.15, 0.2) is 11.6 Å². The smallest absolute Gasteiger partial charge is 0.238 e. The first-order chi connectivity index (χ1) is 12.4. The molecule has 0 saturated heterocycles. The molecule has 0 saturated carbocycles. The summed E-state index contributed by atoms with van der Waals surface area (Å²) >= 11 is 18.9. The van der Waals surface area contributed by atoms with E-state index in [0.29, 0.717) is 21.0 Å².